The van der Waals surface area contributed by atoms with Crippen LogP contribution in [0.3, 0.4) is 0 Å². The van der Waals surface area contributed by atoms with Gasteiger partial charge in [-0.15, -0.1) is 0 Å². The smallest absolute Gasteiger partial charge is 0.255 e. The number of halogens is 4. The molecule has 0 fully saturated rings. The number of amides is 2. The highest BCUT2D eigenvalue weighted by Crippen LogP contribution is 2.25. The van der Waals surface area contributed by atoms with Gasteiger partial charge in [0.15, 0.2) is 0 Å². The molecule has 0 aromatic heterocycles. The molecule has 0 unspecified atom stereocenters. The molecule has 0 aliphatic carbocycles. The Bertz CT molecular complexity index is 1070. The Balaban J connectivity index is 1.67. The number of carbonyl (C=O) groups is 2. The Kier molecular flexibility index (Phi) is 7.68. The third-order valence-corrected chi connectivity index (χ3v) is 5.88. The molecule has 2 amide bonds. The van der Waals surface area contributed by atoms with Crippen molar-refractivity contribution >= 4 is 58.2 Å². The minimum atomic E-state index is -0.539. The van der Waals surface area contributed by atoms with Gasteiger partial charge in [0.2, 0.25) is 0 Å². The number of para-hydroxylation sites is 1. The van der Waals surface area contributed by atoms with Crippen LogP contribution in [0.25, 0.3) is 0 Å². The van der Waals surface area contributed by atoms with E-state index in [1.807, 2.05) is 0 Å². The van der Waals surface area contributed by atoms with E-state index >= 15 is 0 Å². The van der Waals surface area contributed by atoms with E-state index in [0.717, 1.165) is 11.1 Å². The van der Waals surface area contributed by atoms with Gasteiger partial charge in [-0.25, -0.2) is 0 Å². The van der Waals surface area contributed by atoms with Gasteiger partial charge < -0.3 is 15.7 Å². The third kappa shape index (κ3) is 5.83. The first kappa shape index (κ1) is 23.2. The van der Waals surface area contributed by atoms with Crippen molar-refractivity contribution in [2.45, 2.75) is 13.1 Å². The Morgan fingerprint density at radius 1 is 0.677 bits per heavy atom. The molecule has 3 rings (SSSR count). The molecule has 0 heterocycles. The normalized spacial score (nSPS) is 10.6. The minimum Gasteiger partial charge on any atom is -0.506 e. The van der Waals surface area contributed by atoms with Gasteiger partial charge in [-0.3, -0.25) is 9.59 Å². The number of rotatable bonds is 6. The first-order valence-electron chi connectivity index (χ1n) is 9.02. The van der Waals surface area contributed by atoms with Crippen molar-refractivity contribution < 1.29 is 14.7 Å². The van der Waals surface area contributed by atoms with E-state index in [4.69, 9.17) is 46.4 Å². The summed E-state index contributed by atoms with van der Waals surface area (Å²) in [6.07, 6.45) is 0. The van der Waals surface area contributed by atoms with Crippen LogP contribution in [0.4, 0.5) is 0 Å². The van der Waals surface area contributed by atoms with E-state index in [1.165, 1.54) is 18.2 Å². The number of benzene rings is 3. The Hall–Kier alpha value is -2.44. The summed E-state index contributed by atoms with van der Waals surface area (Å²) < 4.78 is 0. The zero-order valence-electron chi connectivity index (χ0n) is 15.9. The summed E-state index contributed by atoms with van der Waals surface area (Å²) in [6, 6.07) is 14.3. The molecule has 0 saturated heterocycles. The van der Waals surface area contributed by atoms with Gasteiger partial charge in [0, 0.05) is 13.1 Å². The van der Waals surface area contributed by atoms with Crippen molar-refractivity contribution in [2.75, 3.05) is 0 Å². The molecule has 31 heavy (non-hydrogen) atoms. The van der Waals surface area contributed by atoms with Crippen LogP contribution < -0.4 is 10.6 Å². The van der Waals surface area contributed by atoms with Crippen LogP contribution in [0.1, 0.15) is 31.8 Å². The molecular weight excluding hydrogens is 482 g/mol. The lowest BCUT2D eigenvalue weighted by Gasteiger charge is -2.11. The van der Waals surface area contributed by atoms with Gasteiger partial charge in [-0.2, -0.15) is 0 Å². The standard InChI is InChI=1S/C22H16Cl4N2O3/c23-16-6-4-12(8-18(16)25)10-27-21(30)14-2-1-3-15(20(14)29)22(31)28-11-13-5-7-17(24)19(26)9-13/h1-9,29H,10-11H2,(H,27,30)(H,28,31). The molecular formula is C22H16Cl4N2O3. The van der Waals surface area contributed by atoms with Gasteiger partial charge >= 0.3 is 0 Å². The summed E-state index contributed by atoms with van der Waals surface area (Å²) in [5, 5.41) is 17.4. The molecule has 160 valence electrons. The van der Waals surface area contributed by atoms with Crippen LogP contribution in [0.15, 0.2) is 54.6 Å². The van der Waals surface area contributed by atoms with Crippen molar-refractivity contribution in [2.24, 2.45) is 0 Å². The first-order valence-corrected chi connectivity index (χ1v) is 10.5. The number of carbonyl (C=O) groups excluding carboxylic acids is 2. The highest BCUT2D eigenvalue weighted by molar-refractivity contribution is 6.42. The molecule has 0 aliphatic heterocycles. The van der Waals surface area contributed by atoms with Crippen LogP contribution in [-0.2, 0) is 13.1 Å². The fourth-order valence-electron chi connectivity index (χ4n) is 2.76. The summed E-state index contributed by atoms with van der Waals surface area (Å²) in [7, 11) is 0. The van der Waals surface area contributed by atoms with Gasteiger partial charge in [0.05, 0.1) is 31.2 Å². The zero-order valence-corrected chi connectivity index (χ0v) is 18.9. The fourth-order valence-corrected chi connectivity index (χ4v) is 3.41. The maximum atomic E-state index is 12.5. The summed E-state index contributed by atoms with van der Waals surface area (Å²) in [5.41, 5.74) is 1.42. The topological polar surface area (TPSA) is 78.4 Å². The highest BCUT2D eigenvalue weighted by Gasteiger charge is 2.18. The Morgan fingerprint density at radius 2 is 1.10 bits per heavy atom. The molecule has 0 aliphatic rings. The Morgan fingerprint density at radius 3 is 1.48 bits per heavy atom. The molecule has 3 aromatic rings. The maximum absolute atomic E-state index is 12.5. The van der Waals surface area contributed by atoms with Crippen molar-refractivity contribution in [3.63, 3.8) is 0 Å². The molecule has 9 heteroatoms. The summed E-state index contributed by atoms with van der Waals surface area (Å²) in [6.45, 7) is 0.339. The number of hydrogen-bond donors (Lipinski definition) is 3. The molecule has 0 bridgehead atoms. The minimum absolute atomic E-state index is 0.0257. The third-order valence-electron chi connectivity index (χ3n) is 4.40. The van der Waals surface area contributed by atoms with E-state index in [0.29, 0.717) is 20.1 Å². The van der Waals surface area contributed by atoms with E-state index in [1.54, 1.807) is 36.4 Å². The molecule has 0 spiro atoms. The van der Waals surface area contributed by atoms with Crippen molar-refractivity contribution in [1.82, 2.24) is 10.6 Å². The molecule has 0 atom stereocenters. The largest absolute Gasteiger partial charge is 0.506 e. The van der Waals surface area contributed by atoms with E-state index in [9.17, 15) is 14.7 Å². The number of phenols is 1. The average Bonchev–Trinajstić information content (AvgIpc) is 2.75. The van der Waals surface area contributed by atoms with Crippen molar-refractivity contribution in [3.8, 4) is 5.75 Å². The van der Waals surface area contributed by atoms with Gasteiger partial charge in [-0.1, -0.05) is 64.6 Å². The second-order valence-corrected chi connectivity index (χ2v) is 8.19. The summed E-state index contributed by atoms with van der Waals surface area (Å²) in [5.74, 6) is -1.49. The maximum Gasteiger partial charge on any atom is 0.255 e. The SMILES string of the molecule is O=C(NCc1ccc(Cl)c(Cl)c1)c1cccc(C(=O)NCc2ccc(Cl)c(Cl)c2)c1O. The van der Waals surface area contributed by atoms with Gasteiger partial charge in [0.1, 0.15) is 5.75 Å². The van der Waals surface area contributed by atoms with Crippen LogP contribution in [0.5, 0.6) is 5.75 Å². The molecule has 5 nitrogen and oxygen atoms in total. The summed E-state index contributed by atoms with van der Waals surface area (Å²) in [4.78, 5) is 25.1. The Labute approximate surface area is 198 Å². The lowest BCUT2D eigenvalue weighted by atomic mass is 10.1. The van der Waals surface area contributed by atoms with E-state index in [-0.39, 0.29) is 24.2 Å². The number of hydrogen-bond acceptors (Lipinski definition) is 3. The van der Waals surface area contributed by atoms with Crippen molar-refractivity contribution in [3.05, 3.63) is 96.9 Å². The van der Waals surface area contributed by atoms with Gasteiger partial charge in [-0.05, 0) is 47.5 Å². The van der Waals surface area contributed by atoms with E-state index in [2.05, 4.69) is 10.6 Å². The second-order valence-electron chi connectivity index (χ2n) is 6.56. The first-order chi connectivity index (χ1) is 14.8. The quantitative estimate of drug-likeness (QED) is 0.398. The predicted molar refractivity (Wildman–Crippen MR) is 123 cm³/mol. The molecule has 0 saturated carbocycles. The fraction of sp³-hybridized carbons (Fsp3) is 0.0909. The van der Waals surface area contributed by atoms with Gasteiger partial charge in [0.25, 0.3) is 11.8 Å². The van der Waals surface area contributed by atoms with Crippen molar-refractivity contribution in [1.29, 1.82) is 0 Å². The number of aromatic hydroxyl groups is 1. The lowest BCUT2D eigenvalue weighted by Crippen LogP contribution is -2.25. The van der Waals surface area contributed by atoms with Crippen LogP contribution in [0, 0.1) is 0 Å². The zero-order chi connectivity index (χ0) is 22.5. The van der Waals surface area contributed by atoms with Crippen LogP contribution in [-0.4, -0.2) is 16.9 Å². The monoisotopic (exact) mass is 496 g/mol. The molecule has 3 aromatic carbocycles. The van der Waals surface area contributed by atoms with E-state index < -0.39 is 17.6 Å². The second kappa shape index (κ2) is 10.2. The number of phenolic OH excluding ortho intramolecular Hbond substituents is 1. The predicted octanol–water partition coefficient (Wildman–Crippen LogP) is 5.87. The lowest BCUT2D eigenvalue weighted by molar-refractivity contribution is 0.0946. The van der Waals surface area contributed by atoms with Crippen LogP contribution >= 0.6 is 46.4 Å². The summed E-state index contributed by atoms with van der Waals surface area (Å²) >= 11 is 23.7. The van der Waals surface area contributed by atoms with Crippen LogP contribution in [0.2, 0.25) is 20.1 Å². The molecule has 0 radical (unpaired) electrons. The number of nitrogens with one attached hydrogen (secondary N) is 2. The molecule has 3 N–H and O–H groups in total. The highest BCUT2D eigenvalue weighted by atomic mass is 35.5. The average molecular weight is 498 g/mol.